The molecule has 10 heteroatoms. The number of aromatic nitrogens is 3. The molecule has 0 saturated carbocycles. The Balaban J connectivity index is 1.70. The number of para-hydroxylation sites is 1. The molecule has 0 spiro atoms. The summed E-state index contributed by atoms with van der Waals surface area (Å²) in [6, 6.07) is 14.7. The molecule has 0 radical (unpaired) electrons. The van der Waals surface area contributed by atoms with Crippen molar-refractivity contribution in [3.63, 3.8) is 0 Å². The van der Waals surface area contributed by atoms with E-state index in [0.717, 1.165) is 27.1 Å². The Morgan fingerprint density at radius 3 is 2.71 bits per heavy atom. The monoisotopic (exact) mass is 546 g/mol. The summed E-state index contributed by atoms with van der Waals surface area (Å²) in [5.74, 6) is -0.387. The van der Waals surface area contributed by atoms with Crippen molar-refractivity contribution in [1.29, 1.82) is 0 Å². The molecule has 8 nitrogen and oxygen atoms in total. The number of ether oxygens (including phenoxy) is 2. The molecule has 1 atom stereocenters. The molecule has 3 aromatic heterocycles. The Bertz CT molecular complexity index is 1640. The van der Waals surface area contributed by atoms with Gasteiger partial charge in [0, 0.05) is 34.8 Å². The van der Waals surface area contributed by atoms with E-state index in [-0.39, 0.29) is 12.3 Å². The van der Waals surface area contributed by atoms with Gasteiger partial charge >= 0.3 is 5.97 Å². The lowest BCUT2D eigenvalue weighted by Crippen LogP contribution is -2.30. The highest BCUT2D eigenvalue weighted by atomic mass is 35.5. The van der Waals surface area contributed by atoms with Crippen LogP contribution in [-0.2, 0) is 11.2 Å². The van der Waals surface area contributed by atoms with Gasteiger partial charge in [0.25, 0.3) is 0 Å². The Morgan fingerprint density at radius 1 is 1.16 bits per heavy atom. The fraction of sp³-hybridized carbons (Fsp3) is 0.143. The number of nitrogens with zero attached hydrogens (tertiary/aromatic N) is 3. The fourth-order valence-electron chi connectivity index (χ4n) is 4.32. The van der Waals surface area contributed by atoms with Crippen molar-refractivity contribution in [2.75, 3.05) is 12.8 Å². The smallest absolute Gasteiger partial charge is 0.345 e. The maximum Gasteiger partial charge on any atom is 0.345 e. The summed E-state index contributed by atoms with van der Waals surface area (Å²) in [5, 5.41) is 11.1. The van der Waals surface area contributed by atoms with Gasteiger partial charge in [-0.15, -0.1) is 11.3 Å². The molecule has 0 unspecified atom stereocenters. The number of methoxy groups -OCH3 is 1. The second kappa shape index (κ2) is 10.6. The molecule has 5 aromatic rings. The first-order valence-electron chi connectivity index (χ1n) is 11.6. The van der Waals surface area contributed by atoms with Gasteiger partial charge in [0.15, 0.2) is 0 Å². The molecular weight excluding hydrogens is 524 g/mol. The molecule has 0 aliphatic carbocycles. The van der Waals surface area contributed by atoms with Gasteiger partial charge in [-0.25, -0.2) is 14.8 Å². The maximum atomic E-state index is 12.3. The second-order valence-corrected chi connectivity index (χ2v) is 9.89. The van der Waals surface area contributed by atoms with Crippen LogP contribution in [0.1, 0.15) is 11.1 Å². The van der Waals surface area contributed by atoms with Gasteiger partial charge in [-0.3, -0.25) is 4.98 Å². The SMILES string of the molecule is COc1ccccc1C[C@@H](Oc1ncnc2sc(-c3cccnc3)c(-c3ccc(N)c(Cl)c3C)c12)C(=O)O. The predicted molar refractivity (Wildman–Crippen MR) is 149 cm³/mol. The summed E-state index contributed by atoms with van der Waals surface area (Å²) >= 11 is 7.99. The summed E-state index contributed by atoms with van der Waals surface area (Å²) in [6.45, 7) is 1.89. The van der Waals surface area contributed by atoms with E-state index in [1.54, 1.807) is 31.6 Å². The lowest BCUT2D eigenvalue weighted by Gasteiger charge is -2.17. The number of aliphatic carboxylic acids is 1. The van der Waals surface area contributed by atoms with Crippen molar-refractivity contribution in [3.8, 4) is 33.2 Å². The molecule has 0 saturated heterocycles. The van der Waals surface area contributed by atoms with Crippen LogP contribution in [0.15, 0.2) is 67.3 Å². The lowest BCUT2D eigenvalue weighted by atomic mass is 9.96. The normalized spacial score (nSPS) is 11.9. The van der Waals surface area contributed by atoms with Gasteiger partial charge in [-0.05, 0) is 41.8 Å². The Kier molecular flexibility index (Phi) is 7.13. The quantitative estimate of drug-likeness (QED) is 0.226. The third kappa shape index (κ3) is 4.73. The number of nitrogens with two attached hydrogens (primary N) is 1. The van der Waals surface area contributed by atoms with Crippen LogP contribution >= 0.6 is 22.9 Å². The van der Waals surface area contributed by atoms with Crippen LogP contribution in [0.5, 0.6) is 11.6 Å². The second-order valence-electron chi connectivity index (χ2n) is 8.51. The molecule has 3 N–H and O–H groups in total. The first-order valence-corrected chi connectivity index (χ1v) is 12.8. The molecule has 0 fully saturated rings. The van der Waals surface area contributed by atoms with Crippen LogP contribution < -0.4 is 15.2 Å². The van der Waals surface area contributed by atoms with E-state index in [1.807, 2.05) is 43.3 Å². The molecule has 3 heterocycles. The van der Waals surface area contributed by atoms with Gasteiger partial charge in [0.05, 0.1) is 23.2 Å². The minimum atomic E-state index is -1.23. The summed E-state index contributed by atoms with van der Waals surface area (Å²) in [5.41, 5.74) is 10.5. The van der Waals surface area contributed by atoms with E-state index in [0.29, 0.717) is 32.2 Å². The van der Waals surface area contributed by atoms with Crippen molar-refractivity contribution in [2.45, 2.75) is 19.4 Å². The Hall–Kier alpha value is -4.21. The number of anilines is 1. The average molecular weight is 547 g/mol. The Morgan fingerprint density at radius 2 is 1.97 bits per heavy atom. The zero-order valence-corrected chi connectivity index (χ0v) is 22.1. The number of rotatable bonds is 8. The van der Waals surface area contributed by atoms with E-state index in [9.17, 15) is 9.90 Å². The highest BCUT2D eigenvalue weighted by molar-refractivity contribution is 7.22. The largest absolute Gasteiger partial charge is 0.496 e. The fourth-order valence-corrected chi connectivity index (χ4v) is 5.62. The third-order valence-corrected chi connectivity index (χ3v) is 7.84. The number of halogens is 1. The van der Waals surface area contributed by atoms with E-state index in [1.165, 1.54) is 17.7 Å². The van der Waals surface area contributed by atoms with Crippen LogP contribution in [-0.4, -0.2) is 39.2 Å². The van der Waals surface area contributed by atoms with Crippen molar-refractivity contribution in [3.05, 3.63) is 83.4 Å². The highest BCUT2D eigenvalue weighted by Gasteiger charge is 2.27. The number of hydrogen-bond donors (Lipinski definition) is 2. The number of carboxylic acid groups (broad SMARTS) is 1. The van der Waals surface area contributed by atoms with Gasteiger partial charge in [-0.1, -0.05) is 41.9 Å². The average Bonchev–Trinajstić information content (AvgIpc) is 3.32. The van der Waals surface area contributed by atoms with E-state index in [4.69, 9.17) is 26.8 Å². The number of fused-ring (bicyclic) bond motifs is 1. The summed E-state index contributed by atoms with van der Waals surface area (Å²) < 4.78 is 11.5. The van der Waals surface area contributed by atoms with Crippen molar-refractivity contribution < 1.29 is 19.4 Å². The lowest BCUT2D eigenvalue weighted by molar-refractivity contribution is -0.145. The van der Waals surface area contributed by atoms with Crippen LogP contribution in [0.3, 0.4) is 0 Å². The number of pyridine rings is 1. The standard InChI is InChI=1S/C28H23ClN4O4S/c1-15-18(9-10-19(30)24(15)29)22-23-26(32-14-33-27(23)38-25(22)17-7-5-11-31-13-17)37-21(28(34)35)12-16-6-3-4-8-20(16)36-2/h3-11,13-14,21H,12,30H2,1-2H3,(H,34,35)/t21-/m1/s1. The number of benzene rings is 2. The van der Waals surface area contributed by atoms with Gasteiger partial charge in [0.2, 0.25) is 12.0 Å². The van der Waals surface area contributed by atoms with Crippen molar-refractivity contribution >= 4 is 44.8 Å². The molecule has 0 bridgehead atoms. The molecule has 192 valence electrons. The number of thiophene rings is 1. The van der Waals surface area contributed by atoms with Gasteiger partial charge in [0.1, 0.15) is 16.9 Å². The number of carbonyl (C=O) groups is 1. The molecule has 2 aromatic carbocycles. The highest BCUT2D eigenvalue weighted by Crippen LogP contribution is 2.48. The summed E-state index contributed by atoms with van der Waals surface area (Å²) in [6.07, 6.45) is 3.68. The molecule has 5 rings (SSSR count). The van der Waals surface area contributed by atoms with Crippen LogP contribution in [0.4, 0.5) is 5.69 Å². The van der Waals surface area contributed by atoms with E-state index >= 15 is 0 Å². The first kappa shape index (κ1) is 25.4. The van der Waals surface area contributed by atoms with Crippen LogP contribution in [0, 0.1) is 6.92 Å². The first-order chi connectivity index (χ1) is 18.4. The van der Waals surface area contributed by atoms with E-state index < -0.39 is 12.1 Å². The van der Waals surface area contributed by atoms with Crippen LogP contribution in [0.2, 0.25) is 5.02 Å². The maximum absolute atomic E-state index is 12.3. The molecule has 38 heavy (non-hydrogen) atoms. The predicted octanol–water partition coefficient (Wildman–Crippen LogP) is 6.05. The van der Waals surface area contributed by atoms with Gasteiger partial charge < -0.3 is 20.3 Å². The van der Waals surface area contributed by atoms with E-state index in [2.05, 4.69) is 15.0 Å². The van der Waals surface area contributed by atoms with Crippen molar-refractivity contribution in [1.82, 2.24) is 15.0 Å². The minimum absolute atomic E-state index is 0.0759. The molecular formula is C28H23ClN4O4S. The molecule has 0 aliphatic heterocycles. The number of nitrogen functional groups attached to an aromatic ring is 1. The zero-order chi connectivity index (χ0) is 26.8. The van der Waals surface area contributed by atoms with Crippen molar-refractivity contribution in [2.24, 2.45) is 0 Å². The molecule has 0 aliphatic rings. The number of hydrogen-bond acceptors (Lipinski definition) is 8. The van der Waals surface area contributed by atoms with Gasteiger partial charge in [-0.2, -0.15) is 0 Å². The summed E-state index contributed by atoms with van der Waals surface area (Å²) in [7, 11) is 1.54. The third-order valence-electron chi connectivity index (χ3n) is 6.19. The molecule has 0 amide bonds. The minimum Gasteiger partial charge on any atom is -0.496 e. The summed E-state index contributed by atoms with van der Waals surface area (Å²) in [4.78, 5) is 27.0. The van der Waals surface area contributed by atoms with Crippen LogP contribution in [0.25, 0.3) is 31.8 Å². The number of carboxylic acids is 1. The Labute approximate surface area is 227 Å². The topological polar surface area (TPSA) is 120 Å². The zero-order valence-electron chi connectivity index (χ0n) is 20.5.